The molecule has 0 fully saturated rings. The minimum atomic E-state index is -0.250. The molecule has 0 amide bonds. The molecule has 0 aliphatic carbocycles. The number of hydrogen-bond donors (Lipinski definition) is 1. The summed E-state index contributed by atoms with van der Waals surface area (Å²) in [4.78, 5) is 0. The Balaban J connectivity index is 2.74. The summed E-state index contributed by atoms with van der Waals surface area (Å²) in [5.74, 6) is 0. The standard InChI is InChI=1S/C11H15Br2NO2/c1-7-4-8(12)11(9(13)5-7)14-6-10(15-2)16-3/h4-5,10,14H,6H2,1-3H3. The van der Waals surface area contributed by atoms with E-state index in [0.717, 1.165) is 14.6 Å². The van der Waals surface area contributed by atoms with Gasteiger partial charge in [0.05, 0.1) is 12.2 Å². The third-order valence-corrected chi connectivity index (χ3v) is 3.41. The largest absolute Gasteiger partial charge is 0.378 e. The summed E-state index contributed by atoms with van der Waals surface area (Å²) in [6.07, 6.45) is -0.250. The highest BCUT2D eigenvalue weighted by Crippen LogP contribution is 2.32. The van der Waals surface area contributed by atoms with Gasteiger partial charge in [-0.15, -0.1) is 0 Å². The highest BCUT2D eigenvalue weighted by molar-refractivity contribution is 9.11. The van der Waals surface area contributed by atoms with Crippen molar-refractivity contribution in [1.82, 2.24) is 0 Å². The molecule has 0 spiro atoms. The maximum absolute atomic E-state index is 5.11. The summed E-state index contributed by atoms with van der Waals surface area (Å²) in [5, 5.41) is 3.27. The molecule has 1 N–H and O–H groups in total. The molecule has 0 bridgehead atoms. The van der Waals surface area contributed by atoms with Gasteiger partial charge in [-0.25, -0.2) is 0 Å². The number of ether oxygens (including phenoxy) is 2. The van der Waals surface area contributed by atoms with E-state index in [2.05, 4.69) is 49.3 Å². The van der Waals surface area contributed by atoms with E-state index < -0.39 is 0 Å². The molecule has 1 aromatic rings. The highest BCUT2D eigenvalue weighted by atomic mass is 79.9. The zero-order chi connectivity index (χ0) is 12.1. The molecular formula is C11H15Br2NO2. The van der Waals surface area contributed by atoms with Crippen molar-refractivity contribution in [2.45, 2.75) is 13.2 Å². The van der Waals surface area contributed by atoms with Crippen LogP contribution in [0.4, 0.5) is 5.69 Å². The molecule has 0 aliphatic heterocycles. The molecule has 0 unspecified atom stereocenters. The van der Waals surface area contributed by atoms with Crippen LogP contribution in [-0.4, -0.2) is 27.1 Å². The Morgan fingerprint density at radius 1 is 1.19 bits per heavy atom. The molecule has 0 aromatic heterocycles. The van der Waals surface area contributed by atoms with E-state index in [-0.39, 0.29) is 6.29 Å². The summed E-state index contributed by atoms with van der Waals surface area (Å²) >= 11 is 7.04. The Morgan fingerprint density at radius 2 is 1.69 bits per heavy atom. The third kappa shape index (κ3) is 3.73. The monoisotopic (exact) mass is 351 g/mol. The smallest absolute Gasteiger partial charge is 0.173 e. The van der Waals surface area contributed by atoms with Gasteiger partial charge in [0.2, 0.25) is 0 Å². The predicted molar refractivity (Wildman–Crippen MR) is 72.9 cm³/mol. The molecule has 3 nitrogen and oxygen atoms in total. The van der Waals surface area contributed by atoms with Crippen molar-refractivity contribution in [3.8, 4) is 0 Å². The van der Waals surface area contributed by atoms with Crippen molar-refractivity contribution in [2.75, 3.05) is 26.1 Å². The van der Waals surface area contributed by atoms with Crippen molar-refractivity contribution in [2.24, 2.45) is 0 Å². The molecule has 0 atom stereocenters. The van der Waals surface area contributed by atoms with Gasteiger partial charge in [0.15, 0.2) is 6.29 Å². The van der Waals surface area contributed by atoms with Crippen LogP contribution in [0.15, 0.2) is 21.1 Å². The quantitative estimate of drug-likeness (QED) is 0.822. The van der Waals surface area contributed by atoms with Crippen LogP contribution in [0.25, 0.3) is 0 Å². The lowest BCUT2D eigenvalue weighted by Crippen LogP contribution is -2.23. The van der Waals surface area contributed by atoms with Crippen LogP contribution in [0.1, 0.15) is 5.56 Å². The van der Waals surface area contributed by atoms with Crippen LogP contribution < -0.4 is 5.32 Å². The van der Waals surface area contributed by atoms with Crippen LogP contribution in [0.3, 0.4) is 0 Å². The van der Waals surface area contributed by atoms with Crippen molar-refractivity contribution in [3.63, 3.8) is 0 Å². The van der Waals surface area contributed by atoms with Gasteiger partial charge >= 0.3 is 0 Å². The SMILES string of the molecule is COC(CNc1c(Br)cc(C)cc1Br)OC. The van der Waals surface area contributed by atoms with Gasteiger partial charge in [-0.1, -0.05) is 0 Å². The first-order chi connectivity index (χ1) is 7.58. The average Bonchev–Trinajstić information content (AvgIpc) is 2.22. The normalized spacial score (nSPS) is 10.9. The molecule has 0 aliphatic rings. The van der Waals surface area contributed by atoms with Crippen molar-refractivity contribution < 1.29 is 9.47 Å². The second-order valence-electron chi connectivity index (χ2n) is 3.39. The first-order valence-corrected chi connectivity index (χ1v) is 6.42. The number of rotatable bonds is 5. The van der Waals surface area contributed by atoms with Crippen LogP contribution >= 0.6 is 31.9 Å². The molecule has 16 heavy (non-hydrogen) atoms. The summed E-state index contributed by atoms with van der Waals surface area (Å²) in [6.45, 7) is 2.64. The molecule has 0 heterocycles. The first kappa shape index (κ1) is 14.0. The summed E-state index contributed by atoms with van der Waals surface area (Å²) in [6, 6.07) is 4.11. The molecule has 0 radical (unpaired) electrons. The zero-order valence-corrected chi connectivity index (χ0v) is 12.7. The summed E-state index contributed by atoms with van der Waals surface area (Å²) in [5.41, 5.74) is 2.20. The molecule has 1 rings (SSSR count). The van der Waals surface area contributed by atoms with Crippen molar-refractivity contribution >= 4 is 37.5 Å². The van der Waals surface area contributed by atoms with E-state index in [0.29, 0.717) is 6.54 Å². The van der Waals surface area contributed by atoms with Gasteiger partial charge < -0.3 is 14.8 Å². The van der Waals surface area contributed by atoms with E-state index in [1.54, 1.807) is 14.2 Å². The lowest BCUT2D eigenvalue weighted by Gasteiger charge is -2.17. The fourth-order valence-corrected chi connectivity index (χ4v) is 3.01. The van der Waals surface area contributed by atoms with Gasteiger partial charge in [-0.2, -0.15) is 0 Å². The van der Waals surface area contributed by atoms with E-state index in [9.17, 15) is 0 Å². The van der Waals surface area contributed by atoms with Gasteiger partial charge in [0.1, 0.15) is 0 Å². The lowest BCUT2D eigenvalue weighted by molar-refractivity contribution is -0.0914. The molecule has 5 heteroatoms. The molecule has 0 saturated carbocycles. The number of nitrogens with one attached hydrogen (secondary N) is 1. The Kier molecular flexibility index (Phi) is 5.75. The fraction of sp³-hybridized carbons (Fsp3) is 0.455. The number of anilines is 1. The van der Waals surface area contributed by atoms with Crippen LogP contribution in [0, 0.1) is 6.92 Å². The average molecular weight is 353 g/mol. The van der Waals surface area contributed by atoms with Crippen LogP contribution in [-0.2, 0) is 9.47 Å². The molecule has 0 saturated heterocycles. The second kappa shape index (κ2) is 6.59. The number of halogens is 2. The number of benzene rings is 1. The zero-order valence-electron chi connectivity index (χ0n) is 9.51. The Morgan fingerprint density at radius 3 is 2.12 bits per heavy atom. The maximum atomic E-state index is 5.11. The van der Waals surface area contributed by atoms with E-state index >= 15 is 0 Å². The van der Waals surface area contributed by atoms with Gasteiger partial charge in [0.25, 0.3) is 0 Å². The first-order valence-electron chi connectivity index (χ1n) is 4.83. The van der Waals surface area contributed by atoms with E-state index in [1.165, 1.54) is 5.56 Å². The second-order valence-corrected chi connectivity index (χ2v) is 5.09. The predicted octanol–water partition coefficient (Wildman–Crippen LogP) is 3.55. The van der Waals surface area contributed by atoms with Crippen LogP contribution in [0.5, 0.6) is 0 Å². The highest BCUT2D eigenvalue weighted by Gasteiger charge is 2.09. The number of aryl methyl sites for hydroxylation is 1. The van der Waals surface area contributed by atoms with Gasteiger partial charge in [-0.3, -0.25) is 0 Å². The summed E-state index contributed by atoms with van der Waals surface area (Å²) < 4.78 is 12.3. The minimum Gasteiger partial charge on any atom is -0.378 e. The van der Waals surface area contributed by atoms with E-state index in [1.807, 2.05) is 6.92 Å². The third-order valence-electron chi connectivity index (χ3n) is 2.16. The van der Waals surface area contributed by atoms with Gasteiger partial charge in [-0.05, 0) is 56.5 Å². The summed E-state index contributed by atoms with van der Waals surface area (Å²) in [7, 11) is 3.24. The number of hydrogen-bond acceptors (Lipinski definition) is 3. The molecule has 1 aromatic carbocycles. The van der Waals surface area contributed by atoms with Crippen molar-refractivity contribution in [1.29, 1.82) is 0 Å². The maximum Gasteiger partial charge on any atom is 0.173 e. The Labute approximate surface area is 113 Å². The molecular weight excluding hydrogens is 338 g/mol. The lowest BCUT2D eigenvalue weighted by atomic mass is 10.2. The fourth-order valence-electron chi connectivity index (χ4n) is 1.32. The molecule has 90 valence electrons. The minimum absolute atomic E-state index is 0.250. The van der Waals surface area contributed by atoms with Crippen LogP contribution in [0.2, 0.25) is 0 Å². The Hall–Kier alpha value is -0.100. The van der Waals surface area contributed by atoms with E-state index in [4.69, 9.17) is 9.47 Å². The Bertz CT molecular complexity index is 331. The topological polar surface area (TPSA) is 30.5 Å². The van der Waals surface area contributed by atoms with Gasteiger partial charge in [0, 0.05) is 23.2 Å². The number of methoxy groups -OCH3 is 2. The van der Waals surface area contributed by atoms with Crippen molar-refractivity contribution in [3.05, 3.63) is 26.6 Å².